The number of nitrogens with two attached hydrogens (primary N) is 1. The monoisotopic (exact) mass is 651 g/mol. The molecule has 2 atom stereocenters. The smallest absolute Gasteiger partial charge is 0.321 e. The van der Waals surface area contributed by atoms with Gasteiger partial charge in [0.15, 0.2) is 0 Å². The van der Waals surface area contributed by atoms with Gasteiger partial charge in [-0.15, -0.1) is 0 Å². The zero-order chi connectivity index (χ0) is 17.1. The Hall–Kier alpha value is -0.340. The Morgan fingerprint density at radius 2 is 1.74 bits per heavy atom. The van der Waals surface area contributed by atoms with E-state index < -0.39 is 12.0 Å². The predicted molar refractivity (Wildman–Crippen MR) is 112 cm³/mol. The molecule has 0 fully saturated rings. The van der Waals surface area contributed by atoms with Gasteiger partial charge in [0.25, 0.3) is 0 Å². The number of aromatic hydroxyl groups is 1. The molecular weight excluding hydrogens is 639 g/mol. The van der Waals surface area contributed by atoms with Crippen LogP contribution in [-0.2, 0) is 4.79 Å². The number of hydrogen-bond acceptors (Lipinski definition) is 4. The number of halogens is 3. The largest absolute Gasteiger partial charge is 0.507 e. The molecule has 0 radical (unpaired) electrons. The number of carboxylic acids is 1. The van der Waals surface area contributed by atoms with Gasteiger partial charge in [0.05, 0.1) is 11.1 Å². The lowest BCUT2D eigenvalue weighted by Gasteiger charge is -2.15. The average Bonchev–Trinajstić information content (AvgIpc) is 2.51. The van der Waals surface area contributed by atoms with E-state index in [1.807, 2.05) is 45.2 Å². The highest BCUT2D eigenvalue weighted by Gasteiger charge is 2.23. The third-order valence-electron chi connectivity index (χ3n) is 3.03. The highest BCUT2D eigenvalue weighted by atomic mass is 127. The van der Waals surface area contributed by atoms with Crippen molar-refractivity contribution in [3.63, 3.8) is 0 Å². The van der Waals surface area contributed by atoms with Crippen LogP contribution in [0.3, 0.4) is 0 Å². The third kappa shape index (κ3) is 4.82. The lowest BCUT2D eigenvalue weighted by atomic mass is 10.1. The summed E-state index contributed by atoms with van der Waals surface area (Å²) in [4.78, 5) is 10.9. The number of hydrogen-bond donors (Lipinski definition) is 3. The first-order chi connectivity index (χ1) is 10.8. The van der Waals surface area contributed by atoms with Gasteiger partial charge in [-0.3, -0.25) is 4.79 Å². The molecule has 0 aliphatic carbocycles. The zero-order valence-electron chi connectivity index (χ0n) is 11.5. The Morgan fingerprint density at radius 1 is 1.13 bits per heavy atom. The fourth-order valence-electron chi connectivity index (χ4n) is 1.78. The molecule has 0 spiro atoms. The molecule has 4 N–H and O–H groups in total. The second-order valence-electron chi connectivity index (χ2n) is 4.67. The molecule has 8 heteroatoms. The van der Waals surface area contributed by atoms with Gasteiger partial charge in [0, 0.05) is 0 Å². The van der Waals surface area contributed by atoms with Crippen molar-refractivity contribution in [2.75, 3.05) is 0 Å². The second-order valence-corrected chi connectivity index (χ2v) is 8.34. The molecule has 0 saturated carbocycles. The fraction of sp³-hybridized carbons (Fsp3) is 0.133. The predicted octanol–water partition coefficient (Wildman–Crippen LogP) is 4.28. The first-order valence-electron chi connectivity index (χ1n) is 6.38. The summed E-state index contributed by atoms with van der Waals surface area (Å²) < 4.78 is 6.99. The molecule has 0 aliphatic rings. The number of benzene rings is 2. The Bertz CT molecular complexity index is 721. The zero-order valence-corrected chi connectivity index (χ0v) is 18.0. The minimum Gasteiger partial charge on any atom is -0.507 e. The molecule has 0 aliphatic heterocycles. The van der Waals surface area contributed by atoms with Crippen LogP contribution >= 0.6 is 67.8 Å². The summed E-state index contributed by atoms with van der Waals surface area (Å²) in [6, 6.07) is 9.57. The van der Waals surface area contributed by atoms with Gasteiger partial charge in [0.2, 0.25) is 0 Å². The van der Waals surface area contributed by atoms with E-state index in [1.165, 1.54) is 0 Å². The van der Waals surface area contributed by atoms with E-state index in [1.54, 1.807) is 36.4 Å². The standard InChI is InChI=1S/C15H12I3NO4/c16-9-6-12(10(17)5-11(9)20)23-8-3-1-7(2-4-8)13(18)14(19)15(21)22/h1-6,13-14,20H,19H2,(H,21,22)/t13-,14+/m0/s1. The summed E-state index contributed by atoms with van der Waals surface area (Å²) in [5.41, 5.74) is 6.46. The van der Waals surface area contributed by atoms with Gasteiger partial charge in [-0.05, 0) is 75.0 Å². The Kier molecular flexibility index (Phi) is 6.74. The Balaban J connectivity index is 2.17. The number of ether oxygens (including phenoxy) is 1. The van der Waals surface area contributed by atoms with Crippen molar-refractivity contribution in [1.82, 2.24) is 0 Å². The Labute approximate surface area is 174 Å². The first kappa shape index (κ1) is 19.0. The van der Waals surface area contributed by atoms with Crippen LogP contribution in [-0.4, -0.2) is 22.2 Å². The van der Waals surface area contributed by atoms with Crippen molar-refractivity contribution in [3.05, 3.63) is 49.1 Å². The van der Waals surface area contributed by atoms with Crippen molar-refractivity contribution in [2.24, 2.45) is 5.73 Å². The molecule has 0 saturated heterocycles. The van der Waals surface area contributed by atoms with Gasteiger partial charge in [-0.25, -0.2) is 0 Å². The topological polar surface area (TPSA) is 92.8 Å². The lowest BCUT2D eigenvalue weighted by molar-refractivity contribution is -0.138. The number of carbonyl (C=O) groups is 1. The average molecular weight is 651 g/mol. The molecule has 0 aromatic heterocycles. The van der Waals surface area contributed by atoms with E-state index >= 15 is 0 Å². The highest BCUT2D eigenvalue weighted by Crippen LogP contribution is 2.34. The first-order valence-corrected chi connectivity index (χ1v) is 9.78. The van der Waals surface area contributed by atoms with Crippen LogP contribution in [0.5, 0.6) is 17.2 Å². The molecular formula is C15H12I3NO4. The van der Waals surface area contributed by atoms with Crippen LogP contribution < -0.4 is 10.5 Å². The van der Waals surface area contributed by atoms with E-state index in [9.17, 15) is 9.90 Å². The minimum atomic E-state index is -1.03. The Morgan fingerprint density at radius 3 is 2.30 bits per heavy atom. The molecule has 0 heterocycles. The van der Waals surface area contributed by atoms with E-state index in [-0.39, 0.29) is 9.67 Å². The summed E-state index contributed by atoms with van der Waals surface area (Å²) in [6.45, 7) is 0. The van der Waals surface area contributed by atoms with Gasteiger partial charge >= 0.3 is 5.97 Å². The van der Waals surface area contributed by atoms with Crippen LogP contribution in [0, 0.1) is 7.14 Å². The molecule has 122 valence electrons. The van der Waals surface area contributed by atoms with Gasteiger partial charge < -0.3 is 20.7 Å². The van der Waals surface area contributed by atoms with Gasteiger partial charge in [-0.2, -0.15) is 0 Å². The highest BCUT2D eigenvalue weighted by molar-refractivity contribution is 14.1. The molecule has 5 nitrogen and oxygen atoms in total. The maximum absolute atomic E-state index is 10.9. The fourth-order valence-corrected chi connectivity index (χ4v) is 3.50. The van der Waals surface area contributed by atoms with Crippen molar-refractivity contribution in [1.29, 1.82) is 0 Å². The van der Waals surface area contributed by atoms with E-state index in [0.29, 0.717) is 15.1 Å². The summed E-state index contributed by atoms with van der Waals surface area (Å²) in [5.74, 6) is 0.459. The van der Waals surface area contributed by atoms with Crippen molar-refractivity contribution in [3.8, 4) is 17.2 Å². The third-order valence-corrected chi connectivity index (χ3v) is 6.23. The summed E-state index contributed by atoms with van der Waals surface area (Å²) in [7, 11) is 0. The molecule has 0 unspecified atom stereocenters. The SMILES string of the molecule is N[C@@H](C(=O)O)[C@@H](I)c1ccc(Oc2cc(I)c(O)cc2I)cc1. The van der Waals surface area contributed by atoms with Crippen molar-refractivity contribution < 1.29 is 19.7 Å². The van der Waals surface area contributed by atoms with Crippen LogP contribution in [0.1, 0.15) is 9.49 Å². The van der Waals surface area contributed by atoms with Crippen molar-refractivity contribution >= 4 is 73.7 Å². The van der Waals surface area contributed by atoms with Gasteiger partial charge in [0.1, 0.15) is 23.3 Å². The number of phenols is 1. The number of carboxylic acid groups (broad SMARTS) is 1. The molecule has 0 amide bonds. The van der Waals surface area contributed by atoms with Crippen LogP contribution in [0.15, 0.2) is 36.4 Å². The molecule has 2 aromatic carbocycles. The number of aliphatic carboxylic acids is 1. The van der Waals surface area contributed by atoms with Crippen molar-refractivity contribution in [2.45, 2.75) is 9.97 Å². The summed E-state index contributed by atoms with van der Waals surface area (Å²) in [6.07, 6.45) is 0. The second kappa shape index (κ2) is 8.16. The van der Waals surface area contributed by atoms with Gasteiger partial charge in [-0.1, -0.05) is 34.7 Å². The number of phenolic OH excluding ortho intramolecular Hbond substituents is 1. The summed E-state index contributed by atoms with van der Waals surface area (Å²) >= 11 is 6.14. The molecule has 2 rings (SSSR count). The quantitative estimate of drug-likeness (QED) is 0.332. The molecule has 0 bridgehead atoms. The molecule has 2 aromatic rings. The maximum atomic E-state index is 10.9. The lowest BCUT2D eigenvalue weighted by Crippen LogP contribution is -2.33. The van der Waals surface area contributed by atoms with Crippen LogP contribution in [0.4, 0.5) is 0 Å². The maximum Gasteiger partial charge on any atom is 0.321 e. The van der Waals surface area contributed by atoms with E-state index in [0.717, 1.165) is 9.13 Å². The van der Waals surface area contributed by atoms with E-state index in [4.69, 9.17) is 15.6 Å². The number of rotatable bonds is 5. The van der Waals surface area contributed by atoms with E-state index in [2.05, 4.69) is 22.6 Å². The van der Waals surface area contributed by atoms with Crippen LogP contribution in [0.25, 0.3) is 0 Å². The molecule has 23 heavy (non-hydrogen) atoms. The normalized spacial score (nSPS) is 13.4. The number of alkyl halides is 1. The summed E-state index contributed by atoms with van der Waals surface area (Å²) in [5, 5.41) is 18.6. The minimum absolute atomic E-state index is 0.216. The van der Waals surface area contributed by atoms with Crippen LogP contribution in [0.2, 0.25) is 0 Å².